The Hall–Kier alpha value is -2.40. The molecule has 0 unspecified atom stereocenters. The molecule has 0 aliphatic heterocycles. The van der Waals surface area contributed by atoms with Crippen molar-refractivity contribution in [1.29, 1.82) is 10.5 Å². The van der Waals surface area contributed by atoms with Gasteiger partial charge in [0.1, 0.15) is 17.8 Å². The molecule has 110 valence electrons. The van der Waals surface area contributed by atoms with E-state index in [1.54, 1.807) is 11.7 Å². The lowest BCUT2D eigenvalue weighted by Crippen LogP contribution is -2.45. The van der Waals surface area contributed by atoms with E-state index >= 15 is 0 Å². The van der Waals surface area contributed by atoms with E-state index in [1.165, 1.54) is 0 Å². The molecule has 22 heavy (non-hydrogen) atoms. The van der Waals surface area contributed by atoms with Gasteiger partial charge in [-0.3, -0.25) is 9.48 Å². The molecule has 1 aromatic heterocycles. The van der Waals surface area contributed by atoms with Crippen LogP contribution in [0.1, 0.15) is 43.6 Å². The summed E-state index contributed by atoms with van der Waals surface area (Å²) < 4.78 is 1.63. The molecule has 0 bridgehead atoms. The van der Waals surface area contributed by atoms with Crippen LogP contribution in [0.2, 0.25) is 0 Å². The third kappa shape index (κ3) is 1.09. The number of nitrogens with zero attached hydrogens (tertiary/aromatic N) is 4. The number of carbonyl (C=O) groups is 1. The van der Waals surface area contributed by atoms with Crippen LogP contribution in [0, 0.1) is 33.5 Å². The van der Waals surface area contributed by atoms with Crippen molar-refractivity contribution in [2.75, 3.05) is 0 Å². The van der Waals surface area contributed by atoms with E-state index in [9.17, 15) is 15.3 Å². The van der Waals surface area contributed by atoms with E-state index in [2.05, 4.69) is 24.2 Å². The highest BCUT2D eigenvalue weighted by atomic mass is 16.1. The van der Waals surface area contributed by atoms with Gasteiger partial charge in [-0.1, -0.05) is 13.0 Å². The van der Waals surface area contributed by atoms with Crippen molar-refractivity contribution in [3.05, 3.63) is 28.6 Å². The summed E-state index contributed by atoms with van der Waals surface area (Å²) in [5.41, 5.74) is 1.65. The van der Waals surface area contributed by atoms with E-state index in [0.717, 1.165) is 30.5 Å². The topological polar surface area (TPSA) is 82.5 Å². The first-order chi connectivity index (χ1) is 10.3. The van der Waals surface area contributed by atoms with Crippen molar-refractivity contribution in [3.8, 4) is 12.1 Å². The number of Topliss-reactive ketones (excluding diaryl/α,β-unsaturated/α-hetero) is 1. The Morgan fingerprint density at radius 3 is 2.68 bits per heavy atom. The lowest BCUT2D eigenvalue weighted by Gasteiger charge is -2.44. The summed E-state index contributed by atoms with van der Waals surface area (Å²) in [5.74, 6) is -0.0210. The van der Waals surface area contributed by atoms with Gasteiger partial charge in [-0.05, 0) is 31.6 Å². The molecule has 3 aliphatic rings. The van der Waals surface area contributed by atoms with Crippen LogP contribution < -0.4 is 0 Å². The van der Waals surface area contributed by atoms with Gasteiger partial charge in [0.15, 0.2) is 5.78 Å². The minimum Gasteiger partial charge on any atom is -0.293 e. The molecule has 0 amide bonds. The van der Waals surface area contributed by atoms with Crippen molar-refractivity contribution >= 4 is 5.78 Å². The molecule has 1 fully saturated rings. The smallest absolute Gasteiger partial charge is 0.179 e. The van der Waals surface area contributed by atoms with E-state index in [1.807, 2.05) is 13.0 Å². The maximum absolute atomic E-state index is 12.6. The third-order valence-corrected chi connectivity index (χ3v) is 6.42. The van der Waals surface area contributed by atoms with Gasteiger partial charge in [0, 0.05) is 23.4 Å². The zero-order valence-electron chi connectivity index (χ0n) is 12.9. The molecular formula is C17H16N4O. The average Bonchev–Trinajstić information content (AvgIpc) is 2.99. The Balaban J connectivity index is 2.04. The molecule has 5 nitrogen and oxygen atoms in total. The van der Waals surface area contributed by atoms with Crippen LogP contribution in [-0.4, -0.2) is 15.6 Å². The van der Waals surface area contributed by atoms with Crippen molar-refractivity contribution in [2.24, 2.45) is 17.9 Å². The largest absolute Gasteiger partial charge is 0.293 e. The first-order valence-electron chi connectivity index (χ1n) is 7.49. The third-order valence-electron chi connectivity index (χ3n) is 6.42. The molecule has 4 rings (SSSR count). The second kappa shape index (κ2) is 3.50. The van der Waals surface area contributed by atoms with Crippen LogP contribution in [0.5, 0.6) is 0 Å². The number of fused-ring (bicyclic) bond motifs is 2. The molecule has 0 radical (unpaired) electrons. The van der Waals surface area contributed by atoms with Crippen molar-refractivity contribution in [1.82, 2.24) is 9.78 Å². The second-order valence-corrected chi connectivity index (χ2v) is 7.20. The summed E-state index contributed by atoms with van der Waals surface area (Å²) in [7, 11) is 1.78. The second-order valence-electron chi connectivity index (χ2n) is 7.20. The lowest BCUT2D eigenvalue weighted by atomic mass is 9.57. The first kappa shape index (κ1) is 13.3. The molecule has 0 aromatic carbocycles. The zero-order chi connectivity index (χ0) is 15.9. The van der Waals surface area contributed by atoms with Crippen LogP contribution in [0.25, 0.3) is 0 Å². The predicted octanol–water partition coefficient (Wildman–Crippen LogP) is 1.92. The van der Waals surface area contributed by atoms with Gasteiger partial charge in [0.2, 0.25) is 0 Å². The predicted molar refractivity (Wildman–Crippen MR) is 77.5 cm³/mol. The Kier molecular flexibility index (Phi) is 2.11. The number of allylic oxidation sites excluding steroid dienone is 2. The number of carbonyl (C=O) groups excluding carboxylic acids is 1. The average molecular weight is 292 g/mol. The van der Waals surface area contributed by atoms with Gasteiger partial charge in [-0.25, -0.2) is 0 Å². The minimum atomic E-state index is -0.455. The van der Waals surface area contributed by atoms with Crippen LogP contribution in [0.4, 0.5) is 0 Å². The van der Waals surface area contributed by atoms with Crippen molar-refractivity contribution in [2.45, 2.75) is 38.5 Å². The summed E-state index contributed by atoms with van der Waals surface area (Å²) in [6, 6.07) is 4.30. The van der Waals surface area contributed by atoms with Gasteiger partial charge in [0.05, 0.1) is 11.3 Å². The fraction of sp³-hybridized carbons (Fsp3) is 0.529. The first-order valence-corrected chi connectivity index (χ1v) is 7.49. The number of ketones is 1. The van der Waals surface area contributed by atoms with Crippen LogP contribution in [-0.2, 0) is 23.7 Å². The maximum atomic E-state index is 12.6. The molecule has 5 heteroatoms. The van der Waals surface area contributed by atoms with E-state index in [-0.39, 0.29) is 16.8 Å². The fourth-order valence-electron chi connectivity index (χ4n) is 5.11. The monoisotopic (exact) mass is 292 g/mol. The summed E-state index contributed by atoms with van der Waals surface area (Å²) in [6.07, 6.45) is 4.26. The Morgan fingerprint density at radius 1 is 1.32 bits per heavy atom. The standard InChI is InChI=1S/C17H16N4O/c1-15-6-10(7-18)14(22)16(2)9-17(15,16)5-4-11-12(8-19)21(3)20-13(11)15/h6H,4-5,9H2,1-3H3/t15-,16+,17+/m1/s1. The number of hydrogen-bond donors (Lipinski definition) is 0. The molecule has 1 spiro atoms. The molecular weight excluding hydrogens is 276 g/mol. The summed E-state index contributed by atoms with van der Waals surface area (Å²) >= 11 is 0. The highest BCUT2D eigenvalue weighted by Crippen LogP contribution is 2.78. The van der Waals surface area contributed by atoms with Crippen LogP contribution in [0.3, 0.4) is 0 Å². The van der Waals surface area contributed by atoms with Gasteiger partial charge >= 0.3 is 0 Å². The number of aryl methyl sites for hydroxylation is 1. The maximum Gasteiger partial charge on any atom is 0.179 e. The molecule has 3 aliphatic carbocycles. The Labute approximate surface area is 128 Å². The molecule has 0 N–H and O–H groups in total. The minimum absolute atomic E-state index is 0.0210. The van der Waals surface area contributed by atoms with Crippen LogP contribution in [0.15, 0.2) is 11.6 Å². The number of nitriles is 2. The van der Waals surface area contributed by atoms with Crippen LogP contribution >= 0.6 is 0 Å². The summed E-state index contributed by atoms with van der Waals surface area (Å²) in [5, 5.41) is 23.3. The molecule has 1 heterocycles. The quantitative estimate of drug-likeness (QED) is 0.731. The Morgan fingerprint density at radius 2 is 2.05 bits per heavy atom. The lowest BCUT2D eigenvalue weighted by molar-refractivity contribution is -0.122. The molecule has 0 saturated heterocycles. The SMILES string of the molecule is Cn1nc2c(c1C#N)CC[C@@]13C[C@@]1(C)C(=O)C(C#N)=C[C@]23C. The van der Waals surface area contributed by atoms with Crippen molar-refractivity contribution < 1.29 is 4.79 Å². The number of aromatic nitrogens is 2. The highest BCUT2D eigenvalue weighted by molar-refractivity contribution is 6.07. The molecule has 1 saturated carbocycles. The highest BCUT2D eigenvalue weighted by Gasteiger charge is 2.78. The van der Waals surface area contributed by atoms with E-state index in [0.29, 0.717) is 5.69 Å². The van der Waals surface area contributed by atoms with Gasteiger partial charge in [-0.2, -0.15) is 15.6 Å². The summed E-state index contributed by atoms with van der Waals surface area (Å²) in [6.45, 7) is 4.06. The summed E-state index contributed by atoms with van der Waals surface area (Å²) in [4.78, 5) is 12.6. The molecule has 1 aromatic rings. The van der Waals surface area contributed by atoms with E-state index < -0.39 is 10.8 Å². The fourth-order valence-corrected chi connectivity index (χ4v) is 5.11. The van der Waals surface area contributed by atoms with Gasteiger partial charge < -0.3 is 0 Å². The number of hydrogen-bond acceptors (Lipinski definition) is 4. The van der Waals surface area contributed by atoms with Gasteiger partial charge in [0.25, 0.3) is 0 Å². The van der Waals surface area contributed by atoms with E-state index in [4.69, 9.17) is 0 Å². The normalized spacial score (nSPS) is 38.0. The zero-order valence-corrected chi connectivity index (χ0v) is 12.9. The number of rotatable bonds is 0. The Bertz CT molecular complexity index is 864. The molecule has 3 atom stereocenters. The van der Waals surface area contributed by atoms with Gasteiger partial charge in [-0.15, -0.1) is 0 Å². The van der Waals surface area contributed by atoms with Crippen molar-refractivity contribution in [3.63, 3.8) is 0 Å².